The summed E-state index contributed by atoms with van der Waals surface area (Å²) in [6, 6.07) is 2.07. The molecule has 2 rings (SSSR count). The molecule has 1 N–H and O–H groups in total. The van der Waals surface area contributed by atoms with E-state index in [1.807, 2.05) is 0 Å². The summed E-state index contributed by atoms with van der Waals surface area (Å²) < 4.78 is 0. The summed E-state index contributed by atoms with van der Waals surface area (Å²) in [4.78, 5) is 2.76. The third-order valence-corrected chi connectivity index (χ3v) is 4.64. The fourth-order valence-electron chi connectivity index (χ4n) is 4.71. The number of rotatable bonds is 1. The molecule has 1 saturated heterocycles. The molecule has 0 aromatic heterocycles. The van der Waals surface area contributed by atoms with Crippen LogP contribution in [-0.2, 0) is 0 Å². The maximum Gasteiger partial charge on any atom is 0.0169 e. The molecule has 1 aliphatic heterocycles. The van der Waals surface area contributed by atoms with Crippen molar-refractivity contribution in [2.75, 3.05) is 13.1 Å². The first-order valence-electron chi connectivity index (χ1n) is 7.67. The minimum absolute atomic E-state index is 0.504. The Morgan fingerprint density at radius 1 is 0.889 bits per heavy atom. The average Bonchev–Trinajstić information content (AvgIpc) is 2.10. The lowest BCUT2D eigenvalue weighted by Gasteiger charge is -2.51. The highest BCUT2D eigenvalue weighted by atomic mass is 15.2. The zero-order chi connectivity index (χ0) is 13.6. The Labute approximate surface area is 114 Å². The minimum Gasteiger partial charge on any atom is -0.309 e. The molecule has 2 fully saturated rings. The van der Waals surface area contributed by atoms with Gasteiger partial charge in [-0.25, -0.2) is 0 Å². The molecule has 0 spiro atoms. The van der Waals surface area contributed by atoms with E-state index >= 15 is 0 Å². The maximum absolute atomic E-state index is 3.65. The van der Waals surface area contributed by atoms with E-state index in [1.165, 1.54) is 32.4 Å². The predicted molar refractivity (Wildman–Crippen MR) is 78.8 cm³/mol. The van der Waals surface area contributed by atoms with Crippen LogP contribution in [0.4, 0.5) is 0 Å². The fourth-order valence-corrected chi connectivity index (χ4v) is 4.71. The molecule has 0 bridgehead atoms. The van der Waals surface area contributed by atoms with Gasteiger partial charge in [-0.15, -0.1) is 0 Å². The van der Waals surface area contributed by atoms with Gasteiger partial charge in [0.25, 0.3) is 0 Å². The zero-order valence-corrected chi connectivity index (χ0v) is 13.2. The molecule has 0 aromatic carbocycles. The molecule has 0 radical (unpaired) electrons. The molecule has 0 amide bonds. The maximum atomic E-state index is 3.65. The molecule has 1 heterocycles. The summed E-state index contributed by atoms with van der Waals surface area (Å²) in [5.41, 5.74) is 1.01. The molecule has 18 heavy (non-hydrogen) atoms. The first-order valence-corrected chi connectivity index (χ1v) is 7.67. The van der Waals surface area contributed by atoms with Crippen LogP contribution in [0.25, 0.3) is 0 Å². The highest BCUT2D eigenvalue weighted by Crippen LogP contribution is 2.47. The van der Waals surface area contributed by atoms with Crippen molar-refractivity contribution in [1.29, 1.82) is 0 Å². The minimum atomic E-state index is 0.504. The molecule has 2 nitrogen and oxygen atoms in total. The molecule has 2 aliphatic rings. The SMILES string of the molecule is CC1CN(C2CC(C)(C)CC(C)(C)C2)CC(C)N1. The van der Waals surface area contributed by atoms with Crippen LogP contribution >= 0.6 is 0 Å². The molecule has 2 heteroatoms. The highest BCUT2D eigenvalue weighted by Gasteiger charge is 2.41. The fraction of sp³-hybridized carbons (Fsp3) is 1.00. The third kappa shape index (κ3) is 3.48. The standard InChI is InChI=1S/C16H32N2/c1-12-9-18(10-13(2)17-12)14-7-15(3,4)11-16(5,6)8-14/h12-14,17H,7-11H2,1-6H3. The van der Waals surface area contributed by atoms with Crippen molar-refractivity contribution in [3.05, 3.63) is 0 Å². The lowest BCUT2D eigenvalue weighted by Crippen LogP contribution is -2.59. The number of piperazine rings is 1. The van der Waals surface area contributed by atoms with E-state index in [4.69, 9.17) is 0 Å². The van der Waals surface area contributed by atoms with Crippen LogP contribution in [0.3, 0.4) is 0 Å². The summed E-state index contributed by atoms with van der Waals surface area (Å²) in [6.45, 7) is 16.9. The predicted octanol–water partition coefficient (Wildman–Crippen LogP) is 3.27. The van der Waals surface area contributed by atoms with Crippen LogP contribution in [0.15, 0.2) is 0 Å². The van der Waals surface area contributed by atoms with Crippen molar-refractivity contribution in [3.8, 4) is 0 Å². The Kier molecular flexibility index (Phi) is 3.81. The van der Waals surface area contributed by atoms with Gasteiger partial charge in [0, 0.05) is 31.2 Å². The normalized spacial score (nSPS) is 37.7. The van der Waals surface area contributed by atoms with E-state index in [2.05, 4.69) is 51.8 Å². The van der Waals surface area contributed by atoms with Crippen molar-refractivity contribution in [2.45, 2.75) is 78.9 Å². The molecule has 0 aromatic rings. The second kappa shape index (κ2) is 4.79. The van der Waals surface area contributed by atoms with Gasteiger partial charge in [0.1, 0.15) is 0 Å². The second-order valence-electron chi connectivity index (χ2n) is 8.49. The molecule has 1 aliphatic carbocycles. The van der Waals surface area contributed by atoms with E-state index in [1.54, 1.807) is 0 Å². The molecule has 2 atom stereocenters. The van der Waals surface area contributed by atoms with E-state index in [0.717, 1.165) is 6.04 Å². The third-order valence-electron chi connectivity index (χ3n) is 4.64. The summed E-state index contributed by atoms with van der Waals surface area (Å²) >= 11 is 0. The molecule has 1 saturated carbocycles. The van der Waals surface area contributed by atoms with Gasteiger partial charge in [0.15, 0.2) is 0 Å². The van der Waals surface area contributed by atoms with Crippen LogP contribution < -0.4 is 5.32 Å². The zero-order valence-electron chi connectivity index (χ0n) is 13.2. The Hall–Kier alpha value is -0.0800. The van der Waals surface area contributed by atoms with Crippen molar-refractivity contribution < 1.29 is 0 Å². The van der Waals surface area contributed by atoms with Gasteiger partial charge in [0.05, 0.1) is 0 Å². The lowest BCUT2D eigenvalue weighted by atomic mass is 9.63. The van der Waals surface area contributed by atoms with Crippen LogP contribution in [0.1, 0.15) is 60.8 Å². The van der Waals surface area contributed by atoms with E-state index in [9.17, 15) is 0 Å². The summed E-state index contributed by atoms with van der Waals surface area (Å²) in [6.07, 6.45) is 4.11. The molecular formula is C16H32N2. The summed E-state index contributed by atoms with van der Waals surface area (Å²) in [5.74, 6) is 0. The number of hydrogen-bond donors (Lipinski definition) is 1. The topological polar surface area (TPSA) is 15.3 Å². The number of hydrogen-bond acceptors (Lipinski definition) is 2. The Bertz CT molecular complexity index is 269. The van der Waals surface area contributed by atoms with Crippen LogP contribution in [0.2, 0.25) is 0 Å². The molecule has 2 unspecified atom stereocenters. The molecule has 106 valence electrons. The van der Waals surface area contributed by atoms with Crippen molar-refractivity contribution in [3.63, 3.8) is 0 Å². The van der Waals surface area contributed by atoms with Gasteiger partial charge < -0.3 is 5.32 Å². The Balaban J connectivity index is 2.07. The van der Waals surface area contributed by atoms with Crippen LogP contribution in [0.5, 0.6) is 0 Å². The lowest BCUT2D eigenvalue weighted by molar-refractivity contribution is 0.00645. The Morgan fingerprint density at radius 3 is 1.78 bits per heavy atom. The smallest absolute Gasteiger partial charge is 0.0169 e. The first-order chi connectivity index (χ1) is 8.17. The first kappa shape index (κ1) is 14.3. The molecular weight excluding hydrogens is 220 g/mol. The van der Waals surface area contributed by atoms with E-state index in [-0.39, 0.29) is 0 Å². The second-order valence-corrected chi connectivity index (χ2v) is 8.49. The van der Waals surface area contributed by atoms with Gasteiger partial charge in [-0.3, -0.25) is 4.90 Å². The largest absolute Gasteiger partial charge is 0.309 e. The summed E-state index contributed by atoms with van der Waals surface area (Å²) in [7, 11) is 0. The van der Waals surface area contributed by atoms with Crippen molar-refractivity contribution in [2.24, 2.45) is 10.8 Å². The van der Waals surface area contributed by atoms with Crippen molar-refractivity contribution >= 4 is 0 Å². The van der Waals surface area contributed by atoms with Crippen LogP contribution in [0, 0.1) is 10.8 Å². The highest BCUT2D eigenvalue weighted by molar-refractivity contribution is 4.95. The van der Waals surface area contributed by atoms with E-state index < -0.39 is 0 Å². The average molecular weight is 252 g/mol. The van der Waals surface area contributed by atoms with Gasteiger partial charge in [-0.1, -0.05) is 27.7 Å². The van der Waals surface area contributed by atoms with Gasteiger partial charge >= 0.3 is 0 Å². The van der Waals surface area contributed by atoms with Crippen molar-refractivity contribution in [1.82, 2.24) is 10.2 Å². The number of nitrogens with one attached hydrogen (secondary N) is 1. The van der Waals surface area contributed by atoms with E-state index in [0.29, 0.717) is 22.9 Å². The number of nitrogens with zero attached hydrogens (tertiary/aromatic N) is 1. The van der Waals surface area contributed by atoms with Gasteiger partial charge in [-0.05, 0) is 43.9 Å². The Morgan fingerprint density at radius 2 is 1.33 bits per heavy atom. The monoisotopic (exact) mass is 252 g/mol. The van der Waals surface area contributed by atoms with Crippen LogP contribution in [-0.4, -0.2) is 36.1 Å². The summed E-state index contributed by atoms with van der Waals surface area (Å²) in [5, 5.41) is 3.65. The van der Waals surface area contributed by atoms with Gasteiger partial charge in [-0.2, -0.15) is 0 Å². The quantitative estimate of drug-likeness (QED) is 0.770. The van der Waals surface area contributed by atoms with Gasteiger partial charge in [0.2, 0.25) is 0 Å².